The minimum atomic E-state index is -0.431. The molecule has 1 aromatic carbocycles. The second-order valence-electron chi connectivity index (χ2n) is 8.29. The number of benzene rings is 1. The molecule has 1 unspecified atom stereocenters. The molecule has 1 N–H and O–H groups in total. The van der Waals surface area contributed by atoms with E-state index in [4.69, 9.17) is 4.74 Å². The molecule has 1 aliphatic carbocycles. The molecule has 0 spiro atoms. The van der Waals surface area contributed by atoms with Crippen LogP contribution in [0.25, 0.3) is 0 Å². The van der Waals surface area contributed by atoms with Crippen molar-refractivity contribution < 1.29 is 9.53 Å². The lowest BCUT2D eigenvalue weighted by molar-refractivity contribution is 0.0232. The van der Waals surface area contributed by atoms with E-state index in [-0.39, 0.29) is 6.09 Å². The van der Waals surface area contributed by atoms with E-state index in [1.54, 1.807) is 0 Å². The van der Waals surface area contributed by atoms with Gasteiger partial charge in [0.25, 0.3) is 0 Å². The molecule has 140 valence electrons. The quantitative estimate of drug-likeness (QED) is 0.725. The average Bonchev–Trinajstić information content (AvgIpc) is 3.29. The van der Waals surface area contributed by atoms with Gasteiger partial charge in [0.15, 0.2) is 0 Å². The lowest BCUT2D eigenvalue weighted by Crippen LogP contribution is -2.39. The Morgan fingerprint density at radius 3 is 2.56 bits per heavy atom. The summed E-state index contributed by atoms with van der Waals surface area (Å²) >= 11 is 0. The summed E-state index contributed by atoms with van der Waals surface area (Å²) in [5, 5.41) is 3.58. The number of nitrogens with zero attached hydrogens (tertiary/aromatic N) is 1. The van der Waals surface area contributed by atoms with E-state index in [1.807, 2.05) is 25.7 Å². The summed E-state index contributed by atoms with van der Waals surface area (Å²) in [7, 11) is 0. The van der Waals surface area contributed by atoms with Gasteiger partial charge in [0.2, 0.25) is 0 Å². The standard InChI is InChI=1S/C21H34N2O2/c1-15-8-11-19(16(2)14-15)17(3)22-12-7-13-23(18-9-10-18)20(24)25-21(4,5)6/h8,11,14,17-18,22H,7,9-10,12-13H2,1-6H3. The fraction of sp³-hybridized carbons (Fsp3) is 0.667. The van der Waals surface area contributed by atoms with E-state index in [9.17, 15) is 4.79 Å². The van der Waals surface area contributed by atoms with Crippen LogP contribution in [0.15, 0.2) is 18.2 Å². The predicted octanol–water partition coefficient (Wildman–Crippen LogP) is 4.74. The lowest BCUT2D eigenvalue weighted by atomic mass is 10.0. The maximum Gasteiger partial charge on any atom is 0.410 e. The van der Waals surface area contributed by atoms with E-state index in [0.29, 0.717) is 12.1 Å². The largest absolute Gasteiger partial charge is 0.444 e. The second kappa shape index (κ2) is 8.22. The Morgan fingerprint density at radius 1 is 1.32 bits per heavy atom. The molecular formula is C21H34N2O2. The monoisotopic (exact) mass is 346 g/mol. The first-order chi connectivity index (χ1) is 11.7. The fourth-order valence-electron chi connectivity index (χ4n) is 3.12. The summed E-state index contributed by atoms with van der Waals surface area (Å²) < 4.78 is 5.54. The van der Waals surface area contributed by atoms with Crippen molar-refractivity contribution in [1.29, 1.82) is 0 Å². The maximum absolute atomic E-state index is 12.3. The number of aryl methyl sites for hydroxylation is 2. The molecule has 1 fully saturated rings. The van der Waals surface area contributed by atoms with Gasteiger partial charge >= 0.3 is 6.09 Å². The number of hydrogen-bond acceptors (Lipinski definition) is 3. The molecule has 25 heavy (non-hydrogen) atoms. The topological polar surface area (TPSA) is 41.6 Å². The first kappa shape index (κ1) is 19.8. The molecule has 1 amide bonds. The molecule has 4 heteroatoms. The van der Waals surface area contributed by atoms with E-state index in [2.05, 4.69) is 44.3 Å². The summed E-state index contributed by atoms with van der Waals surface area (Å²) in [6.45, 7) is 13.9. The van der Waals surface area contributed by atoms with Crippen LogP contribution in [0.2, 0.25) is 0 Å². The molecule has 2 rings (SSSR count). The van der Waals surface area contributed by atoms with Crippen molar-refractivity contribution in [3.05, 3.63) is 34.9 Å². The molecule has 1 aromatic rings. The normalized spacial score (nSPS) is 15.8. The zero-order valence-electron chi connectivity index (χ0n) is 16.7. The number of ether oxygens (including phenoxy) is 1. The average molecular weight is 347 g/mol. The Bertz CT molecular complexity index is 588. The highest BCUT2D eigenvalue weighted by molar-refractivity contribution is 5.69. The number of nitrogens with one attached hydrogen (secondary N) is 1. The van der Waals surface area contributed by atoms with Crippen molar-refractivity contribution in [3.63, 3.8) is 0 Å². The van der Waals surface area contributed by atoms with Crippen molar-refractivity contribution in [3.8, 4) is 0 Å². The van der Waals surface area contributed by atoms with Gasteiger partial charge in [-0.05, 0) is 78.5 Å². The van der Waals surface area contributed by atoms with E-state index in [1.165, 1.54) is 16.7 Å². The van der Waals surface area contributed by atoms with Crippen LogP contribution in [0, 0.1) is 13.8 Å². The first-order valence-electron chi connectivity index (χ1n) is 9.47. The molecule has 1 aliphatic rings. The van der Waals surface area contributed by atoms with Gasteiger partial charge < -0.3 is 15.0 Å². The van der Waals surface area contributed by atoms with Crippen molar-refractivity contribution in [2.24, 2.45) is 0 Å². The molecule has 0 aromatic heterocycles. The van der Waals surface area contributed by atoms with Gasteiger partial charge in [0.05, 0.1) is 0 Å². The van der Waals surface area contributed by atoms with Crippen LogP contribution in [-0.4, -0.2) is 35.7 Å². The third-order valence-electron chi connectivity index (χ3n) is 4.53. The van der Waals surface area contributed by atoms with Crippen LogP contribution < -0.4 is 5.32 Å². The van der Waals surface area contributed by atoms with Crippen LogP contribution >= 0.6 is 0 Å². The number of hydrogen-bond donors (Lipinski definition) is 1. The smallest absolute Gasteiger partial charge is 0.410 e. The Balaban J connectivity index is 1.79. The first-order valence-corrected chi connectivity index (χ1v) is 9.47. The predicted molar refractivity (Wildman–Crippen MR) is 103 cm³/mol. The van der Waals surface area contributed by atoms with Crippen molar-refractivity contribution in [2.75, 3.05) is 13.1 Å². The summed E-state index contributed by atoms with van der Waals surface area (Å²) in [5.41, 5.74) is 3.54. The highest BCUT2D eigenvalue weighted by Crippen LogP contribution is 2.28. The van der Waals surface area contributed by atoms with Crippen LogP contribution in [0.4, 0.5) is 4.79 Å². The van der Waals surface area contributed by atoms with Gasteiger partial charge in [-0.25, -0.2) is 4.79 Å². The van der Waals surface area contributed by atoms with Crippen LogP contribution in [0.3, 0.4) is 0 Å². The summed E-state index contributed by atoms with van der Waals surface area (Å²) in [6, 6.07) is 7.30. The van der Waals surface area contributed by atoms with Crippen LogP contribution in [0.5, 0.6) is 0 Å². The molecule has 0 aliphatic heterocycles. The SMILES string of the molecule is Cc1ccc(C(C)NCCCN(C(=O)OC(C)(C)C)C2CC2)c(C)c1. The summed E-state index contributed by atoms with van der Waals surface area (Å²) in [4.78, 5) is 14.3. The molecule has 4 nitrogen and oxygen atoms in total. The van der Waals surface area contributed by atoms with Crippen molar-refractivity contribution in [1.82, 2.24) is 10.2 Å². The zero-order valence-corrected chi connectivity index (χ0v) is 16.7. The van der Waals surface area contributed by atoms with Crippen LogP contribution in [0.1, 0.15) is 69.7 Å². The number of amides is 1. The number of carbonyl (C=O) groups excluding carboxylic acids is 1. The fourth-order valence-corrected chi connectivity index (χ4v) is 3.12. The maximum atomic E-state index is 12.3. The lowest BCUT2D eigenvalue weighted by Gasteiger charge is -2.27. The Hall–Kier alpha value is -1.55. The Morgan fingerprint density at radius 2 is 2.00 bits per heavy atom. The molecule has 0 saturated heterocycles. The van der Waals surface area contributed by atoms with Gasteiger partial charge in [-0.2, -0.15) is 0 Å². The molecule has 1 atom stereocenters. The number of carbonyl (C=O) groups is 1. The highest BCUT2D eigenvalue weighted by Gasteiger charge is 2.34. The van der Waals surface area contributed by atoms with Gasteiger partial charge in [0, 0.05) is 18.6 Å². The Kier molecular flexibility index (Phi) is 6.50. The molecular weight excluding hydrogens is 312 g/mol. The molecule has 0 radical (unpaired) electrons. The molecule has 0 heterocycles. The van der Waals surface area contributed by atoms with E-state index < -0.39 is 5.60 Å². The molecule has 1 saturated carbocycles. The molecule has 0 bridgehead atoms. The number of rotatable bonds is 7. The highest BCUT2D eigenvalue weighted by atomic mass is 16.6. The van der Waals surface area contributed by atoms with Crippen LogP contribution in [-0.2, 0) is 4.74 Å². The zero-order chi connectivity index (χ0) is 18.6. The van der Waals surface area contributed by atoms with Crippen molar-refractivity contribution >= 4 is 6.09 Å². The van der Waals surface area contributed by atoms with Crippen molar-refractivity contribution in [2.45, 2.75) is 78.5 Å². The van der Waals surface area contributed by atoms with E-state index in [0.717, 1.165) is 32.4 Å². The van der Waals surface area contributed by atoms with E-state index >= 15 is 0 Å². The second-order valence-corrected chi connectivity index (χ2v) is 8.29. The van der Waals surface area contributed by atoms with Gasteiger partial charge in [-0.3, -0.25) is 0 Å². The van der Waals surface area contributed by atoms with Gasteiger partial charge in [-0.15, -0.1) is 0 Å². The van der Waals surface area contributed by atoms with Gasteiger partial charge in [0.1, 0.15) is 5.60 Å². The summed E-state index contributed by atoms with van der Waals surface area (Å²) in [6.07, 6.45) is 2.97. The Labute approximate surface area is 152 Å². The summed E-state index contributed by atoms with van der Waals surface area (Å²) in [5.74, 6) is 0. The third-order valence-corrected chi connectivity index (χ3v) is 4.53. The van der Waals surface area contributed by atoms with Gasteiger partial charge in [-0.1, -0.05) is 23.8 Å². The minimum absolute atomic E-state index is 0.169. The third kappa shape index (κ3) is 6.35. The minimum Gasteiger partial charge on any atom is -0.444 e.